The molecule has 1 aliphatic heterocycles. The summed E-state index contributed by atoms with van der Waals surface area (Å²) in [6, 6.07) is 9.63. The Morgan fingerprint density at radius 3 is 2.47 bits per heavy atom. The molecule has 0 unspecified atom stereocenters. The summed E-state index contributed by atoms with van der Waals surface area (Å²) in [7, 11) is 0. The van der Waals surface area contributed by atoms with Crippen molar-refractivity contribution in [2.75, 3.05) is 18.4 Å². The quantitative estimate of drug-likeness (QED) is 0.630. The van der Waals surface area contributed by atoms with E-state index in [0.29, 0.717) is 19.0 Å². The lowest BCUT2D eigenvalue weighted by Gasteiger charge is -2.32. The van der Waals surface area contributed by atoms with Gasteiger partial charge in [-0.2, -0.15) is 0 Å². The first-order valence-corrected chi connectivity index (χ1v) is 10.6. The van der Waals surface area contributed by atoms with Crippen LogP contribution in [0.3, 0.4) is 0 Å². The van der Waals surface area contributed by atoms with Crippen LogP contribution in [0.4, 0.5) is 10.2 Å². The van der Waals surface area contributed by atoms with Crippen molar-refractivity contribution in [1.29, 1.82) is 0 Å². The summed E-state index contributed by atoms with van der Waals surface area (Å²) in [6.07, 6.45) is 6.83. The van der Waals surface area contributed by atoms with E-state index >= 15 is 0 Å². The van der Waals surface area contributed by atoms with Crippen LogP contribution >= 0.6 is 11.6 Å². The smallest absolute Gasteiger partial charge is 0.294 e. The van der Waals surface area contributed by atoms with Crippen molar-refractivity contribution in [3.63, 3.8) is 0 Å². The van der Waals surface area contributed by atoms with Crippen LogP contribution in [0.5, 0.6) is 0 Å². The van der Waals surface area contributed by atoms with Gasteiger partial charge in [-0.1, -0.05) is 23.7 Å². The van der Waals surface area contributed by atoms with Crippen LogP contribution in [-0.2, 0) is 6.42 Å². The minimum atomic E-state index is -0.527. The second-order valence-electron chi connectivity index (χ2n) is 7.64. The standard InChI is InChI=1S/C23H21ClFN5O2/c24-19-14-28-20(29-22(31)21-26-8-1-9-27-21)13-18(19)23(32)30-10-6-16(7-11-30)12-15-2-4-17(25)5-3-15/h1-5,8-9,13-14,16H,6-7,10-12H2,(H,28,29,31). The normalized spacial score (nSPS) is 14.2. The molecule has 32 heavy (non-hydrogen) atoms. The third kappa shape index (κ3) is 5.26. The highest BCUT2D eigenvalue weighted by Crippen LogP contribution is 2.26. The summed E-state index contributed by atoms with van der Waals surface area (Å²) in [5.41, 5.74) is 1.37. The number of nitrogens with zero attached hydrogens (tertiary/aromatic N) is 4. The van der Waals surface area contributed by atoms with Crippen LogP contribution in [0.2, 0.25) is 5.02 Å². The van der Waals surface area contributed by atoms with Crippen LogP contribution < -0.4 is 5.32 Å². The molecule has 0 radical (unpaired) electrons. The van der Waals surface area contributed by atoms with Gasteiger partial charge in [0.15, 0.2) is 0 Å². The Morgan fingerprint density at radius 2 is 1.78 bits per heavy atom. The average molecular weight is 454 g/mol. The van der Waals surface area contributed by atoms with Crippen LogP contribution in [0.25, 0.3) is 0 Å². The van der Waals surface area contributed by atoms with Crippen LogP contribution in [-0.4, -0.2) is 44.8 Å². The fourth-order valence-electron chi connectivity index (χ4n) is 3.72. The average Bonchev–Trinajstić information content (AvgIpc) is 2.82. The van der Waals surface area contributed by atoms with Gasteiger partial charge in [-0.15, -0.1) is 0 Å². The molecule has 3 aromatic rings. The van der Waals surface area contributed by atoms with Gasteiger partial charge < -0.3 is 10.2 Å². The summed E-state index contributed by atoms with van der Waals surface area (Å²) in [4.78, 5) is 39.0. The first-order valence-electron chi connectivity index (χ1n) is 10.3. The van der Waals surface area contributed by atoms with Crippen molar-refractivity contribution in [3.05, 3.63) is 82.8 Å². The Balaban J connectivity index is 1.38. The molecule has 0 aliphatic carbocycles. The molecule has 1 saturated heterocycles. The van der Waals surface area contributed by atoms with E-state index in [9.17, 15) is 14.0 Å². The molecule has 3 heterocycles. The van der Waals surface area contributed by atoms with E-state index in [2.05, 4.69) is 20.3 Å². The molecule has 2 aromatic heterocycles. The molecule has 1 N–H and O–H groups in total. The summed E-state index contributed by atoms with van der Waals surface area (Å²) >= 11 is 6.23. The Kier molecular flexibility index (Phi) is 6.70. The molecule has 4 rings (SSSR count). The van der Waals surface area contributed by atoms with E-state index in [1.807, 2.05) is 0 Å². The highest BCUT2D eigenvalue weighted by molar-refractivity contribution is 6.33. The molecule has 9 heteroatoms. The number of benzene rings is 1. The van der Waals surface area contributed by atoms with Gasteiger partial charge in [-0.25, -0.2) is 19.3 Å². The van der Waals surface area contributed by atoms with Crippen LogP contribution in [0, 0.1) is 11.7 Å². The maximum absolute atomic E-state index is 13.1. The SMILES string of the molecule is O=C(Nc1cc(C(=O)N2CCC(Cc3ccc(F)cc3)CC2)c(Cl)cn1)c1ncccn1. The highest BCUT2D eigenvalue weighted by atomic mass is 35.5. The van der Waals surface area contributed by atoms with Crippen molar-refractivity contribution >= 4 is 29.2 Å². The molecule has 0 saturated carbocycles. The third-order valence-electron chi connectivity index (χ3n) is 5.44. The zero-order valence-corrected chi connectivity index (χ0v) is 17.9. The summed E-state index contributed by atoms with van der Waals surface area (Å²) in [5.74, 6) is -0.348. The van der Waals surface area contributed by atoms with Gasteiger partial charge in [0, 0.05) is 31.7 Å². The first kappa shape index (κ1) is 21.8. The van der Waals surface area contributed by atoms with Crippen molar-refractivity contribution in [3.8, 4) is 0 Å². The molecule has 0 atom stereocenters. The highest BCUT2D eigenvalue weighted by Gasteiger charge is 2.26. The Labute approximate surface area is 189 Å². The summed E-state index contributed by atoms with van der Waals surface area (Å²) in [6.45, 7) is 1.20. The Morgan fingerprint density at radius 1 is 1.09 bits per heavy atom. The predicted molar refractivity (Wildman–Crippen MR) is 118 cm³/mol. The second kappa shape index (κ2) is 9.82. The number of anilines is 1. The molecule has 0 spiro atoms. The number of amides is 2. The van der Waals surface area contributed by atoms with Gasteiger partial charge in [0.2, 0.25) is 5.82 Å². The van der Waals surface area contributed by atoms with E-state index in [1.54, 1.807) is 23.1 Å². The number of likely N-dealkylation sites (tertiary alicyclic amines) is 1. The number of hydrogen-bond donors (Lipinski definition) is 1. The Hall–Kier alpha value is -3.39. The van der Waals surface area contributed by atoms with E-state index < -0.39 is 5.91 Å². The minimum absolute atomic E-state index is 0.000327. The number of halogens is 2. The number of rotatable bonds is 5. The largest absolute Gasteiger partial charge is 0.339 e. The first-order chi connectivity index (χ1) is 15.5. The third-order valence-corrected chi connectivity index (χ3v) is 5.74. The number of piperidine rings is 1. The number of hydrogen-bond acceptors (Lipinski definition) is 5. The zero-order valence-electron chi connectivity index (χ0n) is 17.2. The topological polar surface area (TPSA) is 88.1 Å². The lowest BCUT2D eigenvalue weighted by atomic mass is 9.90. The van der Waals surface area contributed by atoms with Gasteiger partial charge in [0.25, 0.3) is 11.8 Å². The van der Waals surface area contributed by atoms with Gasteiger partial charge in [-0.05, 0) is 55.0 Å². The van der Waals surface area contributed by atoms with Crippen molar-refractivity contribution in [2.45, 2.75) is 19.3 Å². The molecule has 164 valence electrons. The number of pyridine rings is 1. The monoisotopic (exact) mass is 453 g/mol. The van der Waals surface area contributed by atoms with Crippen LogP contribution in [0.1, 0.15) is 39.4 Å². The molecule has 1 aromatic carbocycles. The van der Waals surface area contributed by atoms with Gasteiger partial charge in [0.05, 0.1) is 10.6 Å². The fourth-order valence-corrected chi connectivity index (χ4v) is 3.91. The van der Waals surface area contributed by atoms with Crippen molar-refractivity contribution in [1.82, 2.24) is 19.9 Å². The number of nitrogens with one attached hydrogen (secondary N) is 1. The molecule has 0 bridgehead atoms. The van der Waals surface area contributed by atoms with Gasteiger partial charge >= 0.3 is 0 Å². The number of carbonyl (C=O) groups excluding carboxylic acids is 2. The second-order valence-corrected chi connectivity index (χ2v) is 8.05. The molecule has 7 nitrogen and oxygen atoms in total. The van der Waals surface area contributed by atoms with E-state index in [4.69, 9.17) is 11.6 Å². The molecule has 1 fully saturated rings. The molecular weight excluding hydrogens is 433 g/mol. The van der Waals surface area contributed by atoms with Gasteiger partial charge in [-0.3, -0.25) is 9.59 Å². The summed E-state index contributed by atoms with van der Waals surface area (Å²) in [5, 5.41) is 2.81. The maximum Gasteiger partial charge on any atom is 0.294 e. The van der Waals surface area contributed by atoms with Gasteiger partial charge in [0.1, 0.15) is 11.6 Å². The summed E-state index contributed by atoms with van der Waals surface area (Å²) < 4.78 is 13.1. The lowest BCUT2D eigenvalue weighted by molar-refractivity contribution is 0.0690. The number of aromatic nitrogens is 3. The molecular formula is C23H21ClFN5O2. The maximum atomic E-state index is 13.1. The van der Waals surface area contributed by atoms with Crippen molar-refractivity contribution < 1.29 is 14.0 Å². The van der Waals surface area contributed by atoms with E-state index in [1.165, 1.54) is 36.8 Å². The zero-order chi connectivity index (χ0) is 22.5. The molecule has 2 amide bonds. The lowest BCUT2D eigenvalue weighted by Crippen LogP contribution is -2.39. The minimum Gasteiger partial charge on any atom is -0.339 e. The van der Waals surface area contributed by atoms with E-state index in [0.717, 1.165) is 24.8 Å². The number of carbonyl (C=O) groups is 2. The Bertz CT molecular complexity index is 1100. The predicted octanol–water partition coefficient (Wildman–Crippen LogP) is 4.01. The molecule has 1 aliphatic rings. The van der Waals surface area contributed by atoms with Crippen LogP contribution in [0.15, 0.2) is 55.0 Å². The fraction of sp³-hybridized carbons (Fsp3) is 0.261. The van der Waals surface area contributed by atoms with Crippen molar-refractivity contribution in [2.24, 2.45) is 5.92 Å². The van der Waals surface area contributed by atoms with E-state index in [-0.39, 0.29) is 34.0 Å².